The number of hydrogen-bond donors (Lipinski definition) is 2. The maximum absolute atomic E-state index is 11.7. The number of rotatable bonds is 5. The van der Waals surface area contributed by atoms with Gasteiger partial charge >= 0.3 is 0 Å². The fourth-order valence-corrected chi connectivity index (χ4v) is 3.05. The summed E-state index contributed by atoms with van der Waals surface area (Å²) in [5.74, 6) is 0.516. The molecule has 0 radical (unpaired) electrons. The molecule has 0 saturated carbocycles. The highest BCUT2D eigenvalue weighted by molar-refractivity contribution is 9.10. The van der Waals surface area contributed by atoms with Crippen molar-refractivity contribution < 1.29 is 13.2 Å². The summed E-state index contributed by atoms with van der Waals surface area (Å²) in [6, 6.07) is 12.2. The summed E-state index contributed by atoms with van der Waals surface area (Å²) in [6.45, 7) is 0.372. The molecule has 112 valence electrons. The minimum absolute atomic E-state index is 0.0415. The maximum Gasteiger partial charge on any atom is 0.242 e. The van der Waals surface area contributed by atoms with E-state index in [0.29, 0.717) is 12.4 Å². The lowest BCUT2D eigenvalue weighted by Crippen LogP contribution is -2.19. The molecule has 2 aromatic rings. The number of nitrogens with two attached hydrogens (primary N) is 1. The molecule has 2 aromatic carbocycles. The first-order chi connectivity index (χ1) is 9.92. The van der Waals surface area contributed by atoms with Crippen LogP contribution in [0.25, 0.3) is 0 Å². The Hall–Kier alpha value is -1.57. The summed E-state index contributed by atoms with van der Waals surface area (Å²) in [5.41, 5.74) is 6.91. The lowest BCUT2D eigenvalue weighted by Gasteiger charge is -2.10. The fourth-order valence-electron chi connectivity index (χ4n) is 1.76. The zero-order valence-corrected chi connectivity index (χ0v) is 13.7. The molecule has 0 fully saturated rings. The van der Waals surface area contributed by atoms with Gasteiger partial charge in [-0.15, -0.1) is 0 Å². The number of hydrogen-bond acceptors (Lipinski definition) is 4. The average Bonchev–Trinajstić information content (AvgIpc) is 2.45. The van der Waals surface area contributed by atoms with Gasteiger partial charge in [0, 0.05) is 10.5 Å². The highest BCUT2D eigenvalue weighted by Crippen LogP contribution is 2.24. The molecule has 7 heteroatoms. The van der Waals surface area contributed by atoms with Crippen LogP contribution in [-0.2, 0) is 16.6 Å². The molecule has 0 heterocycles. The van der Waals surface area contributed by atoms with E-state index in [1.54, 1.807) is 6.07 Å². The summed E-state index contributed by atoms with van der Waals surface area (Å²) in [6.07, 6.45) is 0. The summed E-state index contributed by atoms with van der Waals surface area (Å²) >= 11 is 3.39. The number of ether oxygens (including phenoxy) is 1. The summed E-state index contributed by atoms with van der Waals surface area (Å²) in [4.78, 5) is 0.0415. The predicted octanol–water partition coefficient (Wildman–Crippen LogP) is 2.52. The van der Waals surface area contributed by atoms with Crippen LogP contribution in [0.4, 0.5) is 5.69 Å². The zero-order chi connectivity index (χ0) is 15.5. The third-order valence-corrected chi connectivity index (χ3v) is 4.82. The summed E-state index contributed by atoms with van der Waals surface area (Å²) < 4.78 is 32.2. The van der Waals surface area contributed by atoms with Crippen molar-refractivity contribution in [3.05, 3.63) is 52.5 Å². The van der Waals surface area contributed by atoms with Crippen LogP contribution >= 0.6 is 15.9 Å². The molecule has 0 spiro atoms. The van der Waals surface area contributed by atoms with E-state index in [4.69, 9.17) is 10.5 Å². The van der Waals surface area contributed by atoms with E-state index in [2.05, 4.69) is 20.7 Å². The van der Waals surface area contributed by atoms with Crippen LogP contribution < -0.4 is 15.2 Å². The molecular formula is C14H15BrN2O3S. The maximum atomic E-state index is 11.7. The molecule has 0 aromatic heterocycles. The first kappa shape index (κ1) is 15.8. The molecule has 0 saturated heterocycles. The van der Waals surface area contributed by atoms with Crippen molar-refractivity contribution in [1.29, 1.82) is 0 Å². The third kappa shape index (κ3) is 3.96. The standard InChI is InChI=1S/C14H15BrN2O3S/c1-17-21(18,19)14-6-5-12(8-13(14)16)20-9-10-3-2-4-11(15)7-10/h2-8,17H,9,16H2,1H3. The minimum atomic E-state index is -3.56. The van der Waals surface area contributed by atoms with Crippen molar-refractivity contribution in [2.75, 3.05) is 12.8 Å². The van der Waals surface area contributed by atoms with Gasteiger partial charge in [-0.3, -0.25) is 0 Å². The van der Waals surface area contributed by atoms with Crippen LogP contribution in [0.5, 0.6) is 5.75 Å². The predicted molar refractivity (Wildman–Crippen MR) is 85.6 cm³/mol. The van der Waals surface area contributed by atoms with Gasteiger partial charge in [-0.2, -0.15) is 0 Å². The number of nitrogens with one attached hydrogen (secondary N) is 1. The van der Waals surface area contributed by atoms with Crippen molar-refractivity contribution in [2.24, 2.45) is 0 Å². The van der Waals surface area contributed by atoms with E-state index in [0.717, 1.165) is 10.0 Å². The largest absolute Gasteiger partial charge is 0.489 e. The van der Waals surface area contributed by atoms with Crippen molar-refractivity contribution in [3.8, 4) is 5.75 Å². The van der Waals surface area contributed by atoms with Crippen molar-refractivity contribution in [1.82, 2.24) is 4.72 Å². The summed E-state index contributed by atoms with van der Waals surface area (Å²) in [5, 5.41) is 0. The Balaban J connectivity index is 2.14. The first-order valence-electron chi connectivity index (χ1n) is 6.12. The van der Waals surface area contributed by atoms with E-state index in [9.17, 15) is 8.42 Å². The van der Waals surface area contributed by atoms with E-state index in [1.807, 2.05) is 24.3 Å². The number of nitrogen functional groups attached to an aromatic ring is 1. The van der Waals surface area contributed by atoms with Crippen molar-refractivity contribution in [2.45, 2.75) is 11.5 Å². The van der Waals surface area contributed by atoms with Gasteiger partial charge in [-0.25, -0.2) is 13.1 Å². The molecule has 0 aliphatic carbocycles. The second kappa shape index (κ2) is 6.46. The van der Waals surface area contributed by atoms with Gasteiger partial charge in [0.25, 0.3) is 0 Å². The average molecular weight is 371 g/mol. The Labute approximate surface area is 132 Å². The second-order valence-corrected chi connectivity index (χ2v) is 7.10. The highest BCUT2D eigenvalue weighted by atomic mass is 79.9. The molecule has 2 rings (SSSR count). The molecule has 0 amide bonds. The van der Waals surface area contributed by atoms with Crippen LogP contribution in [-0.4, -0.2) is 15.5 Å². The van der Waals surface area contributed by atoms with Gasteiger partial charge in [0.15, 0.2) is 0 Å². The Morgan fingerprint density at radius 1 is 1.24 bits per heavy atom. The number of sulfonamides is 1. The quantitative estimate of drug-likeness (QED) is 0.792. The van der Waals surface area contributed by atoms with Gasteiger partial charge in [0.1, 0.15) is 17.3 Å². The Morgan fingerprint density at radius 2 is 2.00 bits per heavy atom. The molecule has 0 aliphatic rings. The van der Waals surface area contributed by atoms with E-state index in [-0.39, 0.29) is 10.6 Å². The zero-order valence-electron chi connectivity index (χ0n) is 11.3. The number of anilines is 1. The van der Waals surface area contributed by atoms with Crippen LogP contribution in [0.15, 0.2) is 51.8 Å². The van der Waals surface area contributed by atoms with Gasteiger partial charge in [0.05, 0.1) is 5.69 Å². The lowest BCUT2D eigenvalue weighted by molar-refractivity contribution is 0.306. The summed E-state index contributed by atoms with van der Waals surface area (Å²) in [7, 11) is -2.22. The van der Waals surface area contributed by atoms with Crippen molar-refractivity contribution >= 4 is 31.6 Å². The number of benzene rings is 2. The molecule has 0 aliphatic heterocycles. The van der Waals surface area contributed by atoms with Gasteiger partial charge in [-0.05, 0) is 36.9 Å². The first-order valence-corrected chi connectivity index (χ1v) is 8.40. The molecule has 0 bridgehead atoms. The lowest BCUT2D eigenvalue weighted by atomic mass is 10.2. The van der Waals surface area contributed by atoms with Crippen LogP contribution in [0, 0.1) is 0 Å². The van der Waals surface area contributed by atoms with E-state index >= 15 is 0 Å². The minimum Gasteiger partial charge on any atom is -0.489 e. The SMILES string of the molecule is CNS(=O)(=O)c1ccc(OCc2cccc(Br)c2)cc1N. The Morgan fingerprint density at radius 3 is 2.62 bits per heavy atom. The highest BCUT2D eigenvalue weighted by Gasteiger charge is 2.15. The van der Waals surface area contributed by atoms with Gasteiger partial charge in [0.2, 0.25) is 10.0 Å². The Kier molecular flexibility index (Phi) is 4.87. The van der Waals surface area contributed by atoms with Crippen LogP contribution in [0.3, 0.4) is 0 Å². The topological polar surface area (TPSA) is 81.4 Å². The van der Waals surface area contributed by atoms with Gasteiger partial charge in [-0.1, -0.05) is 28.1 Å². The molecule has 0 unspecified atom stereocenters. The fraction of sp³-hybridized carbons (Fsp3) is 0.143. The second-order valence-electron chi connectivity index (χ2n) is 4.33. The molecule has 5 nitrogen and oxygen atoms in total. The van der Waals surface area contributed by atoms with Crippen LogP contribution in [0.2, 0.25) is 0 Å². The smallest absolute Gasteiger partial charge is 0.242 e. The Bertz CT molecular complexity index is 748. The van der Waals surface area contributed by atoms with Crippen molar-refractivity contribution in [3.63, 3.8) is 0 Å². The monoisotopic (exact) mass is 370 g/mol. The molecule has 21 heavy (non-hydrogen) atoms. The molecular weight excluding hydrogens is 356 g/mol. The number of halogens is 1. The van der Waals surface area contributed by atoms with E-state index in [1.165, 1.54) is 19.2 Å². The molecule has 0 atom stereocenters. The van der Waals surface area contributed by atoms with E-state index < -0.39 is 10.0 Å². The van der Waals surface area contributed by atoms with Gasteiger partial charge < -0.3 is 10.5 Å². The van der Waals surface area contributed by atoms with Crippen LogP contribution in [0.1, 0.15) is 5.56 Å². The molecule has 3 N–H and O–H groups in total. The third-order valence-electron chi connectivity index (χ3n) is 2.83. The normalized spacial score (nSPS) is 11.3.